The minimum atomic E-state index is -0.508. The second kappa shape index (κ2) is 6.96. The molecule has 1 aromatic rings. The molecule has 1 amide bonds. The van der Waals surface area contributed by atoms with E-state index in [4.69, 9.17) is 16.3 Å². The highest BCUT2D eigenvalue weighted by molar-refractivity contribution is 6.31. The lowest BCUT2D eigenvalue weighted by atomic mass is 10.1. The molecule has 1 rings (SSSR count). The van der Waals surface area contributed by atoms with Crippen molar-refractivity contribution in [2.24, 2.45) is 0 Å². The Labute approximate surface area is 123 Å². The number of nitrogens with zero attached hydrogens (tertiary/aromatic N) is 1. The van der Waals surface area contributed by atoms with Crippen molar-refractivity contribution in [1.29, 1.82) is 0 Å². The molecular formula is C14H17ClN2O3. The SMILES string of the molecule is COc1ccc(Cl)cc1NC(=O)/C(=C\N(C)C)C(C)=O. The molecule has 0 unspecified atom stereocenters. The smallest absolute Gasteiger partial charge is 0.260 e. The number of ether oxygens (including phenoxy) is 1. The number of Topliss-reactive ketones (excluding diaryl/α,β-unsaturated/α-hetero) is 1. The molecule has 0 saturated heterocycles. The van der Waals surface area contributed by atoms with Crippen LogP contribution in [0.25, 0.3) is 0 Å². The van der Waals surface area contributed by atoms with Crippen LogP contribution < -0.4 is 10.1 Å². The summed E-state index contributed by atoms with van der Waals surface area (Å²) < 4.78 is 5.13. The molecule has 0 heterocycles. The predicted molar refractivity (Wildman–Crippen MR) is 79.1 cm³/mol. The lowest BCUT2D eigenvalue weighted by Gasteiger charge is -2.13. The van der Waals surface area contributed by atoms with E-state index in [1.165, 1.54) is 20.2 Å². The predicted octanol–water partition coefficient (Wildman–Crippen LogP) is 2.32. The lowest BCUT2D eigenvalue weighted by molar-refractivity contribution is -0.119. The first-order valence-electron chi connectivity index (χ1n) is 5.89. The maximum atomic E-state index is 12.1. The zero-order valence-electron chi connectivity index (χ0n) is 11.9. The summed E-state index contributed by atoms with van der Waals surface area (Å²) in [6, 6.07) is 4.85. The van der Waals surface area contributed by atoms with Crippen LogP contribution in [0.4, 0.5) is 5.69 Å². The highest BCUT2D eigenvalue weighted by Crippen LogP contribution is 2.28. The minimum Gasteiger partial charge on any atom is -0.495 e. The van der Waals surface area contributed by atoms with Crippen LogP contribution in [0.1, 0.15) is 6.92 Å². The van der Waals surface area contributed by atoms with Crippen molar-refractivity contribution in [3.05, 3.63) is 35.0 Å². The summed E-state index contributed by atoms with van der Waals surface area (Å²) in [5.74, 6) is -0.362. The van der Waals surface area contributed by atoms with E-state index < -0.39 is 5.91 Å². The van der Waals surface area contributed by atoms with Gasteiger partial charge < -0.3 is 15.0 Å². The summed E-state index contributed by atoms with van der Waals surface area (Å²) in [6.07, 6.45) is 1.47. The fourth-order valence-corrected chi connectivity index (χ4v) is 1.71. The van der Waals surface area contributed by atoms with E-state index in [0.29, 0.717) is 16.5 Å². The van der Waals surface area contributed by atoms with E-state index in [1.807, 2.05) is 0 Å². The van der Waals surface area contributed by atoms with E-state index in [2.05, 4.69) is 5.32 Å². The molecule has 0 aliphatic rings. The Kier molecular flexibility index (Phi) is 5.58. The number of carbonyl (C=O) groups is 2. The number of benzene rings is 1. The van der Waals surface area contributed by atoms with Gasteiger partial charge in [0.2, 0.25) is 0 Å². The summed E-state index contributed by atoms with van der Waals surface area (Å²) >= 11 is 5.89. The van der Waals surface area contributed by atoms with Crippen LogP contribution in [0.2, 0.25) is 5.02 Å². The quantitative estimate of drug-likeness (QED) is 0.515. The first-order valence-corrected chi connectivity index (χ1v) is 6.27. The number of amides is 1. The molecule has 0 bridgehead atoms. The van der Waals surface area contributed by atoms with Crippen molar-refractivity contribution in [3.8, 4) is 5.75 Å². The normalized spacial score (nSPS) is 10.9. The molecule has 20 heavy (non-hydrogen) atoms. The van der Waals surface area contributed by atoms with Crippen molar-refractivity contribution >= 4 is 29.0 Å². The van der Waals surface area contributed by atoms with Crippen molar-refractivity contribution < 1.29 is 14.3 Å². The highest BCUT2D eigenvalue weighted by atomic mass is 35.5. The number of ketones is 1. The van der Waals surface area contributed by atoms with Gasteiger partial charge in [-0.1, -0.05) is 11.6 Å². The monoisotopic (exact) mass is 296 g/mol. The van der Waals surface area contributed by atoms with Crippen molar-refractivity contribution in [2.45, 2.75) is 6.92 Å². The Balaban J connectivity index is 3.05. The largest absolute Gasteiger partial charge is 0.495 e. The Hall–Kier alpha value is -2.01. The topological polar surface area (TPSA) is 58.6 Å². The number of nitrogens with one attached hydrogen (secondary N) is 1. The summed E-state index contributed by atoms with van der Waals surface area (Å²) in [4.78, 5) is 25.3. The van der Waals surface area contributed by atoms with Gasteiger partial charge in [0, 0.05) is 25.3 Å². The summed E-state index contributed by atoms with van der Waals surface area (Å²) in [6.45, 7) is 1.34. The van der Waals surface area contributed by atoms with E-state index in [1.54, 1.807) is 37.2 Å². The number of rotatable bonds is 5. The second-order valence-corrected chi connectivity index (χ2v) is 4.80. The molecule has 0 aromatic heterocycles. The molecule has 6 heteroatoms. The van der Waals surface area contributed by atoms with Gasteiger partial charge in [-0.15, -0.1) is 0 Å². The number of hydrogen-bond acceptors (Lipinski definition) is 4. The van der Waals surface area contributed by atoms with E-state index in [0.717, 1.165) is 0 Å². The standard InChI is InChI=1S/C14H17ClN2O3/c1-9(18)11(8-17(2)3)14(19)16-12-7-10(15)5-6-13(12)20-4/h5-8H,1-4H3,(H,16,19)/b11-8-. The molecule has 0 atom stereocenters. The molecule has 1 N–H and O–H groups in total. The first kappa shape index (κ1) is 16.0. The van der Waals surface area contributed by atoms with Gasteiger partial charge >= 0.3 is 0 Å². The number of carbonyl (C=O) groups excluding carboxylic acids is 2. The van der Waals surface area contributed by atoms with Crippen LogP contribution in [0.15, 0.2) is 30.0 Å². The van der Waals surface area contributed by atoms with Gasteiger partial charge in [0.1, 0.15) is 5.75 Å². The van der Waals surface area contributed by atoms with Crippen LogP contribution in [0.5, 0.6) is 5.75 Å². The molecule has 1 aromatic carbocycles. The van der Waals surface area contributed by atoms with Gasteiger partial charge in [-0.2, -0.15) is 0 Å². The third-order valence-corrected chi connectivity index (χ3v) is 2.66. The van der Waals surface area contributed by atoms with Gasteiger partial charge in [-0.05, 0) is 25.1 Å². The van der Waals surface area contributed by atoms with Crippen LogP contribution in [-0.4, -0.2) is 37.8 Å². The fraction of sp³-hybridized carbons (Fsp3) is 0.286. The maximum absolute atomic E-state index is 12.1. The molecule has 108 valence electrons. The summed E-state index contributed by atoms with van der Waals surface area (Å²) in [5.41, 5.74) is 0.466. The van der Waals surface area contributed by atoms with Crippen molar-refractivity contribution in [2.75, 3.05) is 26.5 Å². The fourth-order valence-electron chi connectivity index (χ4n) is 1.54. The van der Waals surface area contributed by atoms with Gasteiger partial charge in [0.25, 0.3) is 5.91 Å². The van der Waals surface area contributed by atoms with Crippen LogP contribution >= 0.6 is 11.6 Å². The number of anilines is 1. The Bertz CT molecular complexity index is 553. The molecule has 0 fully saturated rings. The van der Waals surface area contributed by atoms with Crippen LogP contribution in [0, 0.1) is 0 Å². The third-order valence-electron chi connectivity index (χ3n) is 2.42. The second-order valence-electron chi connectivity index (χ2n) is 4.36. The zero-order valence-corrected chi connectivity index (χ0v) is 12.6. The lowest BCUT2D eigenvalue weighted by Crippen LogP contribution is -2.21. The number of halogens is 1. The Morgan fingerprint density at radius 1 is 1.35 bits per heavy atom. The van der Waals surface area contributed by atoms with Crippen molar-refractivity contribution in [3.63, 3.8) is 0 Å². The van der Waals surface area contributed by atoms with E-state index in [-0.39, 0.29) is 11.4 Å². The molecule has 0 radical (unpaired) electrons. The Morgan fingerprint density at radius 3 is 2.50 bits per heavy atom. The van der Waals surface area contributed by atoms with Crippen LogP contribution in [-0.2, 0) is 9.59 Å². The molecule has 0 aliphatic carbocycles. The molecule has 0 aliphatic heterocycles. The third kappa shape index (κ3) is 4.28. The number of methoxy groups -OCH3 is 1. The maximum Gasteiger partial charge on any atom is 0.260 e. The molecule has 0 saturated carbocycles. The van der Waals surface area contributed by atoms with Gasteiger partial charge in [-0.25, -0.2) is 0 Å². The first-order chi connectivity index (χ1) is 9.35. The summed E-state index contributed by atoms with van der Waals surface area (Å²) in [7, 11) is 4.95. The highest BCUT2D eigenvalue weighted by Gasteiger charge is 2.17. The minimum absolute atomic E-state index is 0.0528. The van der Waals surface area contributed by atoms with Crippen LogP contribution in [0.3, 0.4) is 0 Å². The average Bonchev–Trinajstić information content (AvgIpc) is 2.35. The van der Waals surface area contributed by atoms with Gasteiger partial charge in [-0.3, -0.25) is 9.59 Å². The molecular weight excluding hydrogens is 280 g/mol. The van der Waals surface area contributed by atoms with Crippen molar-refractivity contribution in [1.82, 2.24) is 4.90 Å². The number of hydrogen-bond donors (Lipinski definition) is 1. The zero-order chi connectivity index (χ0) is 15.3. The van der Waals surface area contributed by atoms with E-state index >= 15 is 0 Å². The summed E-state index contributed by atoms with van der Waals surface area (Å²) in [5, 5.41) is 3.09. The molecule has 5 nitrogen and oxygen atoms in total. The Morgan fingerprint density at radius 2 is 2.00 bits per heavy atom. The molecule has 0 spiro atoms. The van der Waals surface area contributed by atoms with Gasteiger partial charge in [0.05, 0.1) is 18.4 Å². The van der Waals surface area contributed by atoms with E-state index in [9.17, 15) is 9.59 Å². The van der Waals surface area contributed by atoms with Gasteiger partial charge in [0.15, 0.2) is 5.78 Å². The average molecular weight is 297 g/mol.